The molecule has 1 aliphatic heterocycles. The SMILES string of the molecule is COCCC(C)C(NN)C1SCCSC1C. The first-order valence-electron chi connectivity index (χ1n) is 5.89. The number of nitrogens with two attached hydrogens (primary N) is 1. The molecule has 1 rings (SSSR count). The molecule has 0 amide bonds. The van der Waals surface area contributed by atoms with Gasteiger partial charge >= 0.3 is 0 Å². The lowest BCUT2D eigenvalue weighted by molar-refractivity contribution is 0.169. The second-order valence-corrected chi connectivity index (χ2v) is 7.13. The van der Waals surface area contributed by atoms with E-state index in [-0.39, 0.29) is 0 Å². The van der Waals surface area contributed by atoms with Crippen molar-refractivity contribution in [1.82, 2.24) is 5.43 Å². The van der Waals surface area contributed by atoms with Gasteiger partial charge in [0, 0.05) is 41.8 Å². The maximum Gasteiger partial charge on any atom is 0.0465 e. The summed E-state index contributed by atoms with van der Waals surface area (Å²) in [6.07, 6.45) is 1.07. The van der Waals surface area contributed by atoms with Crippen molar-refractivity contribution in [3.63, 3.8) is 0 Å². The van der Waals surface area contributed by atoms with Crippen LogP contribution in [0.4, 0.5) is 0 Å². The number of hydrazine groups is 1. The molecule has 0 saturated carbocycles. The Morgan fingerprint density at radius 2 is 2.12 bits per heavy atom. The fraction of sp³-hybridized carbons (Fsp3) is 1.00. The van der Waals surface area contributed by atoms with Crippen molar-refractivity contribution in [2.75, 3.05) is 25.2 Å². The van der Waals surface area contributed by atoms with E-state index in [1.807, 2.05) is 0 Å². The average Bonchev–Trinajstić information content (AvgIpc) is 2.30. The van der Waals surface area contributed by atoms with Gasteiger partial charge in [-0.3, -0.25) is 11.3 Å². The molecule has 1 heterocycles. The molecule has 16 heavy (non-hydrogen) atoms. The maximum absolute atomic E-state index is 5.73. The summed E-state index contributed by atoms with van der Waals surface area (Å²) in [5.41, 5.74) is 3.02. The summed E-state index contributed by atoms with van der Waals surface area (Å²) in [4.78, 5) is 0. The summed E-state index contributed by atoms with van der Waals surface area (Å²) in [5, 5.41) is 1.31. The van der Waals surface area contributed by atoms with Crippen LogP contribution in [0, 0.1) is 5.92 Å². The van der Waals surface area contributed by atoms with Crippen LogP contribution >= 0.6 is 23.5 Å². The Bertz CT molecular complexity index is 195. The van der Waals surface area contributed by atoms with Gasteiger partial charge in [0.25, 0.3) is 0 Å². The molecule has 0 aromatic rings. The third-order valence-corrected chi connectivity index (χ3v) is 6.39. The van der Waals surface area contributed by atoms with Crippen LogP contribution in [0.15, 0.2) is 0 Å². The van der Waals surface area contributed by atoms with Gasteiger partial charge in [-0.25, -0.2) is 0 Å². The van der Waals surface area contributed by atoms with Crippen molar-refractivity contribution in [1.29, 1.82) is 0 Å². The number of rotatable bonds is 6. The largest absolute Gasteiger partial charge is 0.385 e. The molecule has 0 radical (unpaired) electrons. The molecule has 0 bridgehead atoms. The number of methoxy groups -OCH3 is 1. The molecule has 3 nitrogen and oxygen atoms in total. The summed E-state index contributed by atoms with van der Waals surface area (Å²) in [7, 11) is 1.76. The van der Waals surface area contributed by atoms with Gasteiger partial charge in [-0.1, -0.05) is 13.8 Å². The number of hydrogen-bond acceptors (Lipinski definition) is 5. The van der Waals surface area contributed by atoms with Crippen LogP contribution in [0.2, 0.25) is 0 Å². The zero-order chi connectivity index (χ0) is 12.0. The van der Waals surface area contributed by atoms with E-state index in [1.165, 1.54) is 11.5 Å². The topological polar surface area (TPSA) is 47.3 Å². The minimum atomic E-state index is 0.392. The van der Waals surface area contributed by atoms with Crippen LogP contribution in [-0.2, 0) is 4.74 Å². The molecule has 96 valence electrons. The van der Waals surface area contributed by atoms with Crippen LogP contribution < -0.4 is 11.3 Å². The molecule has 1 aliphatic rings. The fourth-order valence-electron chi connectivity index (χ4n) is 2.11. The molecule has 1 saturated heterocycles. The molecule has 0 aromatic heterocycles. The lowest BCUT2D eigenvalue weighted by atomic mass is 9.95. The monoisotopic (exact) mass is 264 g/mol. The third kappa shape index (κ3) is 4.11. The standard InChI is InChI=1S/C11H24N2OS2/c1-8(4-5-14-3)10(13-12)11-9(2)15-6-7-16-11/h8-11,13H,4-7,12H2,1-3H3. The molecule has 3 N–H and O–H groups in total. The number of thioether (sulfide) groups is 2. The Hall–Kier alpha value is 0.580. The zero-order valence-electron chi connectivity index (χ0n) is 10.4. The Labute approximate surface area is 108 Å². The van der Waals surface area contributed by atoms with Gasteiger partial charge in [-0.2, -0.15) is 23.5 Å². The summed E-state index contributed by atoms with van der Waals surface area (Å²) in [5.74, 6) is 8.80. The molecule has 0 aromatic carbocycles. The first kappa shape index (κ1) is 14.6. The highest BCUT2D eigenvalue weighted by molar-refractivity contribution is 8.07. The van der Waals surface area contributed by atoms with Gasteiger partial charge in [0.15, 0.2) is 0 Å². The molecule has 5 heteroatoms. The smallest absolute Gasteiger partial charge is 0.0465 e. The van der Waals surface area contributed by atoms with Crippen molar-refractivity contribution in [3.8, 4) is 0 Å². The predicted molar refractivity (Wildman–Crippen MR) is 74.9 cm³/mol. The van der Waals surface area contributed by atoms with Gasteiger partial charge in [0.1, 0.15) is 0 Å². The Balaban J connectivity index is 2.50. The third-order valence-electron chi connectivity index (χ3n) is 3.17. The highest BCUT2D eigenvalue weighted by Crippen LogP contribution is 2.35. The number of hydrogen-bond donors (Lipinski definition) is 2. The van der Waals surface area contributed by atoms with Gasteiger partial charge in [0.05, 0.1) is 0 Å². The molecule has 1 fully saturated rings. The number of ether oxygens (including phenoxy) is 1. The van der Waals surface area contributed by atoms with E-state index in [1.54, 1.807) is 7.11 Å². The van der Waals surface area contributed by atoms with Crippen LogP contribution in [0.1, 0.15) is 20.3 Å². The molecule has 4 atom stereocenters. The Morgan fingerprint density at radius 3 is 2.69 bits per heavy atom. The van der Waals surface area contributed by atoms with E-state index in [0.29, 0.717) is 22.5 Å². The number of nitrogens with one attached hydrogen (secondary N) is 1. The maximum atomic E-state index is 5.73. The van der Waals surface area contributed by atoms with Crippen molar-refractivity contribution in [2.24, 2.45) is 11.8 Å². The van der Waals surface area contributed by atoms with Crippen LogP contribution in [-0.4, -0.2) is 41.8 Å². The predicted octanol–water partition coefficient (Wildman–Crippen LogP) is 1.73. The lowest BCUT2D eigenvalue weighted by Gasteiger charge is -2.37. The van der Waals surface area contributed by atoms with Gasteiger partial charge in [-0.15, -0.1) is 0 Å². The van der Waals surface area contributed by atoms with E-state index in [2.05, 4.69) is 42.8 Å². The average molecular weight is 264 g/mol. The highest BCUT2D eigenvalue weighted by Gasteiger charge is 2.32. The van der Waals surface area contributed by atoms with E-state index in [4.69, 9.17) is 10.6 Å². The van der Waals surface area contributed by atoms with Crippen molar-refractivity contribution >= 4 is 23.5 Å². The van der Waals surface area contributed by atoms with Crippen LogP contribution in [0.3, 0.4) is 0 Å². The molecular weight excluding hydrogens is 240 g/mol. The van der Waals surface area contributed by atoms with E-state index < -0.39 is 0 Å². The van der Waals surface area contributed by atoms with Gasteiger partial charge in [-0.05, 0) is 12.3 Å². The summed E-state index contributed by atoms with van der Waals surface area (Å²) in [6, 6.07) is 0.392. The van der Waals surface area contributed by atoms with Crippen LogP contribution in [0.5, 0.6) is 0 Å². The minimum Gasteiger partial charge on any atom is -0.385 e. The second kappa shape index (κ2) is 7.82. The Kier molecular flexibility index (Phi) is 7.16. The van der Waals surface area contributed by atoms with E-state index in [9.17, 15) is 0 Å². The normalized spacial score (nSPS) is 30.0. The van der Waals surface area contributed by atoms with Crippen molar-refractivity contribution in [3.05, 3.63) is 0 Å². The summed E-state index contributed by atoms with van der Waals surface area (Å²) < 4.78 is 5.14. The van der Waals surface area contributed by atoms with Gasteiger partial charge in [0.2, 0.25) is 0 Å². The summed E-state index contributed by atoms with van der Waals surface area (Å²) >= 11 is 4.13. The van der Waals surface area contributed by atoms with Crippen LogP contribution in [0.25, 0.3) is 0 Å². The lowest BCUT2D eigenvalue weighted by Crippen LogP contribution is -2.51. The summed E-state index contributed by atoms with van der Waals surface area (Å²) in [6.45, 7) is 5.39. The molecule has 4 unspecified atom stereocenters. The van der Waals surface area contributed by atoms with E-state index in [0.717, 1.165) is 13.0 Å². The highest BCUT2D eigenvalue weighted by atomic mass is 32.2. The van der Waals surface area contributed by atoms with Crippen molar-refractivity contribution < 1.29 is 4.74 Å². The van der Waals surface area contributed by atoms with Gasteiger partial charge < -0.3 is 4.74 Å². The van der Waals surface area contributed by atoms with E-state index >= 15 is 0 Å². The molecular formula is C11H24N2OS2. The first-order chi connectivity index (χ1) is 7.70. The minimum absolute atomic E-state index is 0.392. The first-order valence-corrected chi connectivity index (χ1v) is 7.98. The quantitative estimate of drug-likeness (QED) is 0.565. The molecule has 0 spiro atoms. The second-order valence-electron chi connectivity index (χ2n) is 4.36. The zero-order valence-corrected chi connectivity index (χ0v) is 12.1. The molecule has 0 aliphatic carbocycles. The van der Waals surface area contributed by atoms with Crippen molar-refractivity contribution in [2.45, 2.75) is 36.8 Å². The fourth-order valence-corrected chi connectivity index (χ4v) is 5.18. The Morgan fingerprint density at radius 1 is 1.44 bits per heavy atom.